The molecule has 1 aliphatic heterocycles. The summed E-state index contributed by atoms with van der Waals surface area (Å²) in [5.74, 6) is 1.32. The number of ether oxygens (including phenoxy) is 2. The molecule has 0 bridgehead atoms. The number of hydrogen-bond acceptors (Lipinski definition) is 7. The van der Waals surface area contributed by atoms with Gasteiger partial charge in [0, 0.05) is 25.0 Å². The minimum atomic E-state index is -0.128. The molecule has 26 heavy (non-hydrogen) atoms. The van der Waals surface area contributed by atoms with Crippen molar-refractivity contribution in [3.05, 3.63) is 47.1 Å². The van der Waals surface area contributed by atoms with Crippen LogP contribution in [0.3, 0.4) is 0 Å². The number of nitrogens with one attached hydrogen (secondary N) is 1. The molecular weight excluding hydrogens is 352 g/mol. The summed E-state index contributed by atoms with van der Waals surface area (Å²) in [5, 5.41) is 4.01. The molecule has 0 saturated heterocycles. The third kappa shape index (κ3) is 2.15. The van der Waals surface area contributed by atoms with Gasteiger partial charge in [0.1, 0.15) is 29.1 Å². The lowest BCUT2D eigenvalue weighted by Crippen LogP contribution is -2.19. The van der Waals surface area contributed by atoms with Gasteiger partial charge in [-0.25, -0.2) is 9.97 Å². The van der Waals surface area contributed by atoms with Crippen LogP contribution in [0.4, 0.5) is 5.69 Å². The van der Waals surface area contributed by atoms with E-state index in [1.165, 1.54) is 15.9 Å². The van der Waals surface area contributed by atoms with Crippen LogP contribution in [0.15, 0.2) is 41.6 Å². The number of fused-ring (bicyclic) bond motifs is 4. The summed E-state index contributed by atoms with van der Waals surface area (Å²) >= 11 is 1.35. The van der Waals surface area contributed by atoms with Crippen LogP contribution in [0.2, 0.25) is 0 Å². The maximum atomic E-state index is 13.1. The van der Waals surface area contributed by atoms with Crippen molar-refractivity contribution in [3.8, 4) is 17.2 Å². The summed E-state index contributed by atoms with van der Waals surface area (Å²) < 4.78 is 13.3. The zero-order valence-corrected chi connectivity index (χ0v) is 14.7. The second-order valence-electron chi connectivity index (χ2n) is 5.82. The van der Waals surface area contributed by atoms with Crippen LogP contribution in [0.5, 0.6) is 11.5 Å². The Morgan fingerprint density at radius 2 is 2.00 bits per heavy atom. The normalized spacial score (nSPS) is 13.3. The van der Waals surface area contributed by atoms with E-state index in [1.54, 1.807) is 18.6 Å². The fraction of sp³-hybridized carbons (Fsp3) is 0.167. The molecule has 3 aromatic heterocycles. The lowest BCUT2D eigenvalue weighted by atomic mass is 10.2. The van der Waals surface area contributed by atoms with Crippen molar-refractivity contribution in [2.75, 3.05) is 25.6 Å². The molecule has 7 nitrogen and oxygen atoms in total. The Morgan fingerprint density at radius 1 is 1.15 bits per heavy atom. The number of nitrogens with zero attached hydrogens (tertiary/aromatic N) is 3. The number of thiophene rings is 1. The number of benzene rings is 1. The summed E-state index contributed by atoms with van der Waals surface area (Å²) in [7, 11) is 1.84. The van der Waals surface area contributed by atoms with Crippen LogP contribution in [-0.2, 0) is 0 Å². The molecule has 1 aliphatic rings. The Kier molecular flexibility index (Phi) is 3.32. The predicted molar refractivity (Wildman–Crippen MR) is 101 cm³/mol. The lowest BCUT2D eigenvalue weighted by Gasteiger charge is -2.19. The first-order chi connectivity index (χ1) is 12.8. The highest BCUT2D eigenvalue weighted by Crippen LogP contribution is 2.35. The first kappa shape index (κ1) is 15.2. The minimum Gasteiger partial charge on any atom is -0.486 e. The van der Waals surface area contributed by atoms with Gasteiger partial charge in [-0.3, -0.25) is 9.36 Å². The van der Waals surface area contributed by atoms with E-state index in [0.29, 0.717) is 40.6 Å². The molecule has 0 aliphatic carbocycles. The van der Waals surface area contributed by atoms with Gasteiger partial charge in [0.15, 0.2) is 11.5 Å². The van der Waals surface area contributed by atoms with E-state index in [-0.39, 0.29) is 5.56 Å². The van der Waals surface area contributed by atoms with Crippen molar-refractivity contribution < 1.29 is 9.47 Å². The molecule has 0 saturated carbocycles. The zero-order chi connectivity index (χ0) is 17.7. The fourth-order valence-electron chi connectivity index (χ4n) is 3.13. The Hall–Kier alpha value is -3.13. The summed E-state index contributed by atoms with van der Waals surface area (Å²) in [4.78, 5) is 22.8. The highest BCUT2D eigenvalue weighted by Gasteiger charge is 2.17. The molecule has 5 rings (SSSR count). The van der Waals surface area contributed by atoms with Gasteiger partial charge < -0.3 is 14.8 Å². The van der Waals surface area contributed by atoms with Crippen LogP contribution in [0.25, 0.3) is 26.1 Å². The van der Waals surface area contributed by atoms with Crippen LogP contribution in [-0.4, -0.2) is 34.8 Å². The molecule has 0 atom stereocenters. The van der Waals surface area contributed by atoms with E-state index in [9.17, 15) is 4.79 Å². The van der Waals surface area contributed by atoms with Crippen LogP contribution in [0, 0.1) is 0 Å². The molecule has 0 radical (unpaired) electrons. The molecule has 4 heterocycles. The van der Waals surface area contributed by atoms with Gasteiger partial charge >= 0.3 is 0 Å². The van der Waals surface area contributed by atoms with E-state index >= 15 is 0 Å². The van der Waals surface area contributed by atoms with Gasteiger partial charge in [-0.1, -0.05) is 0 Å². The van der Waals surface area contributed by atoms with E-state index in [0.717, 1.165) is 15.9 Å². The molecule has 1 N–H and O–H groups in total. The zero-order valence-electron chi connectivity index (χ0n) is 13.9. The Balaban J connectivity index is 1.74. The molecule has 0 fully saturated rings. The second-order valence-corrected chi connectivity index (χ2v) is 6.82. The summed E-state index contributed by atoms with van der Waals surface area (Å²) in [5.41, 5.74) is 2.14. The maximum absolute atomic E-state index is 13.1. The highest BCUT2D eigenvalue weighted by molar-refractivity contribution is 7.25. The summed E-state index contributed by atoms with van der Waals surface area (Å²) in [6, 6.07) is 7.32. The number of aromatic nitrogens is 3. The van der Waals surface area contributed by atoms with Gasteiger partial charge in [0.05, 0.1) is 16.6 Å². The van der Waals surface area contributed by atoms with Crippen LogP contribution >= 0.6 is 11.3 Å². The van der Waals surface area contributed by atoms with E-state index in [2.05, 4.69) is 15.3 Å². The smallest absolute Gasteiger partial charge is 0.275 e. The molecule has 0 unspecified atom stereocenters. The standard InChI is InChI=1S/C18H14N4O3S/c1-19-11-4-5-20-17-14(11)15-16(26-17)18(23)22(9-21-15)10-2-3-12-13(8-10)25-7-6-24-12/h2-5,8-9H,6-7H2,1H3,(H,19,20). The number of rotatable bonds is 2. The van der Waals surface area contributed by atoms with Gasteiger partial charge in [-0.2, -0.15) is 0 Å². The average Bonchev–Trinajstić information content (AvgIpc) is 3.08. The van der Waals surface area contributed by atoms with Gasteiger partial charge in [0.2, 0.25) is 0 Å². The Morgan fingerprint density at radius 3 is 2.85 bits per heavy atom. The van der Waals surface area contributed by atoms with Gasteiger partial charge in [0.25, 0.3) is 5.56 Å². The quantitative estimate of drug-likeness (QED) is 0.588. The largest absolute Gasteiger partial charge is 0.486 e. The van der Waals surface area contributed by atoms with Crippen LogP contribution in [0.1, 0.15) is 0 Å². The number of pyridine rings is 1. The molecule has 4 aromatic rings. The van der Waals surface area contributed by atoms with E-state index in [1.807, 2.05) is 25.2 Å². The van der Waals surface area contributed by atoms with Gasteiger partial charge in [-0.15, -0.1) is 11.3 Å². The minimum absolute atomic E-state index is 0.128. The second kappa shape index (κ2) is 5.70. The average molecular weight is 366 g/mol. The Labute approximate surface area is 151 Å². The first-order valence-corrected chi connectivity index (χ1v) is 8.94. The highest BCUT2D eigenvalue weighted by atomic mass is 32.1. The molecule has 0 spiro atoms. The summed E-state index contributed by atoms with van der Waals surface area (Å²) in [6.45, 7) is 1.03. The van der Waals surface area contributed by atoms with Gasteiger partial charge in [-0.05, 0) is 18.2 Å². The lowest BCUT2D eigenvalue weighted by molar-refractivity contribution is 0.171. The monoisotopic (exact) mass is 366 g/mol. The van der Waals surface area contributed by atoms with Crippen molar-refractivity contribution in [3.63, 3.8) is 0 Å². The van der Waals surface area contributed by atoms with Crippen molar-refractivity contribution in [1.29, 1.82) is 0 Å². The maximum Gasteiger partial charge on any atom is 0.275 e. The molecule has 1 aromatic carbocycles. The van der Waals surface area contributed by atoms with E-state index < -0.39 is 0 Å². The molecule has 0 amide bonds. The van der Waals surface area contributed by atoms with Crippen molar-refractivity contribution in [2.24, 2.45) is 0 Å². The van der Waals surface area contributed by atoms with Crippen molar-refractivity contribution >= 4 is 37.5 Å². The first-order valence-electron chi connectivity index (χ1n) is 8.13. The van der Waals surface area contributed by atoms with Crippen LogP contribution < -0.4 is 20.3 Å². The van der Waals surface area contributed by atoms with E-state index in [4.69, 9.17) is 9.47 Å². The number of hydrogen-bond donors (Lipinski definition) is 1. The predicted octanol–water partition coefficient (Wildman–Crippen LogP) is 2.81. The topological polar surface area (TPSA) is 78.3 Å². The molecule has 8 heteroatoms. The Bertz CT molecular complexity index is 1210. The third-order valence-corrected chi connectivity index (χ3v) is 5.43. The van der Waals surface area contributed by atoms with Crippen molar-refractivity contribution in [2.45, 2.75) is 0 Å². The SMILES string of the molecule is CNc1ccnc2sc3c(=O)n(-c4ccc5c(c4)OCCO5)cnc3c12. The fourth-order valence-corrected chi connectivity index (χ4v) is 4.18. The summed E-state index contributed by atoms with van der Waals surface area (Å²) in [6.07, 6.45) is 3.28. The third-order valence-electron chi connectivity index (χ3n) is 4.36. The van der Waals surface area contributed by atoms with Crippen molar-refractivity contribution in [1.82, 2.24) is 14.5 Å². The molecule has 130 valence electrons. The molecular formula is C18H14N4O3S. The number of anilines is 1.